The Hall–Kier alpha value is -1.39. The second-order valence-electron chi connectivity index (χ2n) is 6.11. The van der Waals surface area contributed by atoms with E-state index >= 15 is 0 Å². The van der Waals surface area contributed by atoms with E-state index in [0.717, 1.165) is 32.7 Å². The topological polar surface area (TPSA) is 32.8 Å². The number of hydrogen-bond acceptors (Lipinski definition) is 3. The number of benzene rings is 1. The molecule has 0 aromatic heterocycles. The number of hydrogen-bond donors (Lipinski definition) is 0. The van der Waals surface area contributed by atoms with Crippen LogP contribution in [0.1, 0.15) is 12.5 Å². The molecule has 1 aromatic rings. The van der Waals surface area contributed by atoms with Crippen LogP contribution in [0, 0.1) is 5.41 Å². The molecule has 2 heterocycles. The standard InChI is InChI=1S/C16H22N2O2/c1-16(12-20-13-16)15(19)18-9-7-17(8-10-18)11-14-5-3-2-4-6-14/h2-6H,7-13H2,1H3. The van der Waals surface area contributed by atoms with E-state index in [-0.39, 0.29) is 11.3 Å². The Kier molecular flexibility index (Phi) is 3.76. The Bertz CT molecular complexity index is 463. The van der Waals surface area contributed by atoms with Crippen molar-refractivity contribution in [2.24, 2.45) is 5.41 Å². The molecule has 0 saturated carbocycles. The number of rotatable bonds is 3. The van der Waals surface area contributed by atoms with Crippen LogP contribution in [-0.4, -0.2) is 55.1 Å². The zero-order valence-corrected chi connectivity index (χ0v) is 12.0. The predicted octanol–water partition coefficient (Wildman–Crippen LogP) is 1.37. The SMILES string of the molecule is CC1(C(=O)N2CCN(Cc3ccccc3)CC2)COC1. The Labute approximate surface area is 120 Å². The highest BCUT2D eigenvalue weighted by molar-refractivity contribution is 5.83. The third-order valence-corrected chi connectivity index (χ3v) is 4.27. The molecule has 3 rings (SSSR count). The van der Waals surface area contributed by atoms with Gasteiger partial charge >= 0.3 is 0 Å². The Balaban J connectivity index is 1.51. The van der Waals surface area contributed by atoms with Crippen molar-refractivity contribution < 1.29 is 9.53 Å². The van der Waals surface area contributed by atoms with E-state index in [0.29, 0.717) is 13.2 Å². The predicted molar refractivity (Wildman–Crippen MR) is 77.2 cm³/mol. The minimum Gasteiger partial charge on any atom is -0.379 e. The molecule has 2 fully saturated rings. The van der Waals surface area contributed by atoms with Gasteiger partial charge in [0.1, 0.15) is 0 Å². The van der Waals surface area contributed by atoms with Gasteiger partial charge in [-0.2, -0.15) is 0 Å². The maximum atomic E-state index is 12.4. The summed E-state index contributed by atoms with van der Waals surface area (Å²) in [5.41, 5.74) is 1.08. The minimum atomic E-state index is -0.262. The molecular formula is C16H22N2O2. The summed E-state index contributed by atoms with van der Waals surface area (Å²) in [5.74, 6) is 0.267. The highest BCUT2D eigenvalue weighted by atomic mass is 16.5. The summed E-state index contributed by atoms with van der Waals surface area (Å²) >= 11 is 0. The smallest absolute Gasteiger partial charge is 0.233 e. The molecule has 2 saturated heterocycles. The van der Waals surface area contributed by atoms with Crippen molar-refractivity contribution >= 4 is 5.91 Å². The molecule has 0 N–H and O–H groups in total. The molecule has 4 heteroatoms. The normalized spacial score (nSPS) is 22.4. The number of carbonyl (C=O) groups is 1. The van der Waals surface area contributed by atoms with Gasteiger partial charge in [-0.15, -0.1) is 0 Å². The first-order chi connectivity index (χ1) is 9.67. The minimum absolute atomic E-state index is 0.262. The quantitative estimate of drug-likeness (QED) is 0.834. The van der Waals surface area contributed by atoms with Gasteiger partial charge in [-0.05, 0) is 12.5 Å². The summed E-state index contributed by atoms with van der Waals surface area (Å²) < 4.78 is 5.19. The van der Waals surface area contributed by atoms with E-state index in [9.17, 15) is 4.79 Å². The van der Waals surface area contributed by atoms with Gasteiger partial charge < -0.3 is 9.64 Å². The summed E-state index contributed by atoms with van der Waals surface area (Å²) in [6.45, 7) is 7.72. The third-order valence-electron chi connectivity index (χ3n) is 4.27. The van der Waals surface area contributed by atoms with Gasteiger partial charge in [-0.25, -0.2) is 0 Å². The summed E-state index contributed by atoms with van der Waals surface area (Å²) in [7, 11) is 0. The summed E-state index contributed by atoms with van der Waals surface area (Å²) in [5, 5.41) is 0. The van der Waals surface area contributed by atoms with Crippen LogP contribution in [0.25, 0.3) is 0 Å². The zero-order chi connectivity index (χ0) is 14.0. The highest BCUT2D eigenvalue weighted by Gasteiger charge is 2.43. The maximum absolute atomic E-state index is 12.4. The van der Waals surface area contributed by atoms with Gasteiger partial charge in [0.15, 0.2) is 0 Å². The van der Waals surface area contributed by atoms with Gasteiger partial charge in [0.2, 0.25) is 5.91 Å². The summed E-state index contributed by atoms with van der Waals surface area (Å²) in [4.78, 5) is 16.8. The molecule has 1 amide bonds. The van der Waals surface area contributed by atoms with Crippen LogP contribution >= 0.6 is 0 Å². The fourth-order valence-corrected chi connectivity index (χ4v) is 2.86. The molecule has 0 aliphatic carbocycles. The molecule has 4 nitrogen and oxygen atoms in total. The van der Waals surface area contributed by atoms with Crippen LogP contribution < -0.4 is 0 Å². The van der Waals surface area contributed by atoms with Crippen LogP contribution in [0.3, 0.4) is 0 Å². The molecule has 0 unspecified atom stereocenters. The van der Waals surface area contributed by atoms with Crippen molar-refractivity contribution in [3.63, 3.8) is 0 Å². The lowest BCUT2D eigenvalue weighted by Crippen LogP contribution is -2.57. The number of piperazine rings is 1. The van der Waals surface area contributed by atoms with E-state index < -0.39 is 0 Å². The average Bonchev–Trinajstić information content (AvgIpc) is 2.46. The van der Waals surface area contributed by atoms with E-state index in [2.05, 4.69) is 29.2 Å². The Morgan fingerprint density at radius 2 is 1.80 bits per heavy atom. The van der Waals surface area contributed by atoms with E-state index in [4.69, 9.17) is 4.74 Å². The van der Waals surface area contributed by atoms with Crippen LogP contribution in [0.5, 0.6) is 0 Å². The van der Waals surface area contributed by atoms with Crippen molar-refractivity contribution in [2.75, 3.05) is 39.4 Å². The molecule has 0 atom stereocenters. The fourth-order valence-electron chi connectivity index (χ4n) is 2.86. The first-order valence-electron chi connectivity index (χ1n) is 7.31. The third kappa shape index (κ3) is 2.72. The lowest BCUT2D eigenvalue weighted by molar-refractivity contribution is -0.170. The van der Waals surface area contributed by atoms with E-state index in [1.54, 1.807) is 0 Å². The molecule has 2 aliphatic rings. The summed E-state index contributed by atoms with van der Waals surface area (Å²) in [6, 6.07) is 10.5. The number of amides is 1. The molecule has 2 aliphatic heterocycles. The van der Waals surface area contributed by atoms with E-state index in [1.807, 2.05) is 17.9 Å². The molecular weight excluding hydrogens is 252 g/mol. The molecule has 0 bridgehead atoms. The lowest BCUT2D eigenvalue weighted by Gasteiger charge is -2.43. The first-order valence-corrected chi connectivity index (χ1v) is 7.31. The number of nitrogens with zero attached hydrogens (tertiary/aromatic N) is 2. The van der Waals surface area contributed by atoms with Crippen LogP contribution in [0.2, 0.25) is 0 Å². The van der Waals surface area contributed by atoms with Crippen molar-refractivity contribution in [3.05, 3.63) is 35.9 Å². The summed E-state index contributed by atoms with van der Waals surface area (Å²) in [6.07, 6.45) is 0. The average molecular weight is 274 g/mol. The van der Waals surface area contributed by atoms with Gasteiger partial charge in [-0.1, -0.05) is 30.3 Å². The van der Waals surface area contributed by atoms with E-state index in [1.165, 1.54) is 5.56 Å². The maximum Gasteiger partial charge on any atom is 0.233 e. The Morgan fingerprint density at radius 1 is 1.15 bits per heavy atom. The van der Waals surface area contributed by atoms with Crippen molar-refractivity contribution in [1.29, 1.82) is 0 Å². The lowest BCUT2D eigenvalue weighted by atomic mass is 9.86. The highest BCUT2D eigenvalue weighted by Crippen LogP contribution is 2.29. The van der Waals surface area contributed by atoms with Gasteiger partial charge in [0.05, 0.1) is 18.6 Å². The molecule has 0 radical (unpaired) electrons. The van der Waals surface area contributed by atoms with Gasteiger partial charge in [0.25, 0.3) is 0 Å². The molecule has 20 heavy (non-hydrogen) atoms. The number of carbonyl (C=O) groups excluding carboxylic acids is 1. The number of ether oxygens (including phenoxy) is 1. The monoisotopic (exact) mass is 274 g/mol. The molecule has 0 spiro atoms. The van der Waals surface area contributed by atoms with Crippen molar-refractivity contribution in [1.82, 2.24) is 9.80 Å². The van der Waals surface area contributed by atoms with Crippen molar-refractivity contribution in [3.8, 4) is 0 Å². The van der Waals surface area contributed by atoms with Crippen LogP contribution in [0.4, 0.5) is 0 Å². The second-order valence-corrected chi connectivity index (χ2v) is 6.11. The largest absolute Gasteiger partial charge is 0.379 e. The fraction of sp³-hybridized carbons (Fsp3) is 0.562. The molecule has 108 valence electrons. The first kappa shape index (κ1) is 13.6. The van der Waals surface area contributed by atoms with Gasteiger partial charge in [0, 0.05) is 32.7 Å². The van der Waals surface area contributed by atoms with Crippen LogP contribution in [0.15, 0.2) is 30.3 Å². The second kappa shape index (κ2) is 5.54. The van der Waals surface area contributed by atoms with Crippen molar-refractivity contribution in [2.45, 2.75) is 13.5 Å². The molecule has 1 aromatic carbocycles. The van der Waals surface area contributed by atoms with Crippen LogP contribution in [-0.2, 0) is 16.1 Å². The zero-order valence-electron chi connectivity index (χ0n) is 12.0. The Morgan fingerprint density at radius 3 is 2.35 bits per heavy atom. The van der Waals surface area contributed by atoms with Gasteiger partial charge in [-0.3, -0.25) is 9.69 Å².